The van der Waals surface area contributed by atoms with E-state index in [-0.39, 0.29) is 11.6 Å². The molecule has 0 aliphatic heterocycles. The van der Waals surface area contributed by atoms with Gasteiger partial charge < -0.3 is 15.6 Å². The van der Waals surface area contributed by atoms with Crippen LogP contribution in [-0.4, -0.2) is 24.1 Å². The molecule has 0 bridgehead atoms. The Hall–Kier alpha value is -2.30. The summed E-state index contributed by atoms with van der Waals surface area (Å²) in [7, 11) is 0. The molecule has 0 aliphatic carbocycles. The van der Waals surface area contributed by atoms with Crippen molar-refractivity contribution in [3.8, 4) is 0 Å². The van der Waals surface area contributed by atoms with Crippen LogP contribution in [0.5, 0.6) is 0 Å². The lowest BCUT2D eigenvalue weighted by Crippen LogP contribution is -2.37. The van der Waals surface area contributed by atoms with E-state index in [0.29, 0.717) is 31.0 Å². The van der Waals surface area contributed by atoms with Crippen LogP contribution in [0.15, 0.2) is 29.1 Å². The second kappa shape index (κ2) is 7.81. The minimum Gasteiger partial charge on any atom is -0.338 e. The van der Waals surface area contributed by atoms with E-state index in [2.05, 4.69) is 35.5 Å². The molecule has 1 heterocycles. The minimum absolute atomic E-state index is 0.0921. The number of H-pyrrole nitrogens is 1. The molecule has 5 nitrogen and oxygen atoms in total. The fraction of sp³-hybridized carbons (Fsp3) is 0.444. The first-order valence-corrected chi connectivity index (χ1v) is 8.18. The second-order valence-corrected chi connectivity index (χ2v) is 6.06. The van der Waals surface area contributed by atoms with Crippen molar-refractivity contribution in [2.24, 2.45) is 0 Å². The van der Waals surface area contributed by atoms with Gasteiger partial charge in [-0.05, 0) is 47.9 Å². The van der Waals surface area contributed by atoms with Crippen molar-refractivity contribution in [2.45, 2.75) is 39.5 Å². The Bertz CT molecular complexity index is 735. The molecule has 0 aliphatic rings. The Kier molecular flexibility index (Phi) is 5.79. The quantitative estimate of drug-likeness (QED) is 0.767. The van der Waals surface area contributed by atoms with Gasteiger partial charge in [0.2, 0.25) is 0 Å². The summed E-state index contributed by atoms with van der Waals surface area (Å²) in [5, 5.41) is 6.54. The van der Waals surface area contributed by atoms with Crippen molar-refractivity contribution in [3.63, 3.8) is 0 Å². The zero-order valence-corrected chi connectivity index (χ0v) is 14.0. The molecule has 0 radical (unpaired) electrons. The molecular formula is C18H25N3O2. The Morgan fingerprint density at radius 2 is 1.91 bits per heavy atom. The van der Waals surface area contributed by atoms with Crippen LogP contribution in [0.4, 0.5) is 4.79 Å². The lowest BCUT2D eigenvalue weighted by Gasteiger charge is -2.09. The summed E-state index contributed by atoms with van der Waals surface area (Å²) in [6.45, 7) is 7.38. The molecule has 2 rings (SSSR count). The lowest BCUT2D eigenvalue weighted by molar-refractivity contribution is 0.241. The number of hydrogen-bond donors (Lipinski definition) is 3. The van der Waals surface area contributed by atoms with Gasteiger partial charge in [0, 0.05) is 24.2 Å². The summed E-state index contributed by atoms with van der Waals surface area (Å²) < 4.78 is 0. The number of aromatic amines is 1. The van der Waals surface area contributed by atoms with Crippen molar-refractivity contribution >= 4 is 16.9 Å². The van der Waals surface area contributed by atoms with Gasteiger partial charge in [0.25, 0.3) is 5.56 Å². The van der Waals surface area contributed by atoms with Gasteiger partial charge in [-0.1, -0.05) is 26.8 Å². The first kappa shape index (κ1) is 17.1. The monoisotopic (exact) mass is 315 g/mol. The predicted octanol–water partition coefficient (Wildman–Crippen LogP) is 2.90. The van der Waals surface area contributed by atoms with Gasteiger partial charge >= 0.3 is 6.03 Å². The van der Waals surface area contributed by atoms with E-state index in [9.17, 15) is 9.59 Å². The summed E-state index contributed by atoms with van der Waals surface area (Å²) in [5.41, 5.74) is 2.68. The highest BCUT2D eigenvalue weighted by Gasteiger charge is 2.06. The first-order chi connectivity index (χ1) is 11.0. The summed E-state index contributed by atoms with van der Waals surface area (Å²) >= 11 is 0. The van der Waals surface area contributed by atoms with Gasteiger partial charge in [-0.25, -0.2) is 4.79 Å². The molecule has 3 N–H and O–H groups in total. The highest BCUT2D eigenvalue weighted by Crippen LogP contribution is 2.19. The van der Waals surface area contributed by atoms with Crippen LogP contribution in [0.2, 0.25) is 0 Å². The maximum atomic E-state index is 12.1. The van der Waals surface area contributed by atoms with Crippen molar-refractivity contribution in [1.82, 2.24) is 15.6 Å². The van der Waals surface area contributed by atoms with Crippen LogP contribution in [0.1, 0.15) is 44.2 Å². The molecular weight excluding hydrogens is 290 g/mol. The fourth-order valence-corrected chi connectivity index (χ4v) is 2.43. The maximum absolute atomic E-state index is 12.1. The van der Waals surface area contributed by atoms with Crippen molar-refractivity contribution in [3.05, 3.63) is 45.7 Å². The molecule has 1 aromatic heterocycles. The van der Waals surface area contributed by atoms with Crippen LogP contribution in [-0.2, 0) is 6.42 Å². The molecule has 0 saturated carbocycles. The number of pyridine rings is 1. The van der Waals surface area contributed by atoms with Crippen molar-refractivity contribution < 1.29 is 4.79 Å². The molecule has 0 atom stereocenters. The molecule has 5 heteroatoms. The van der Waals surface area contributed by atoms with Crippen LogP contribution in [0, 0.1) is 0 Å². The SMILES string of the molecule is CCCNC(=O)NCCc1cc2cc(C(C)C)ccc2[nH]c1=O. The van der Waals surface area contributed by atoms with Crippen molar-refractivity contribution in [2.75, 3.05) is 13.1 Å². The third-order valence-corrected chi connectivity index (χ3v) is 3.83. The molecule has 0 unspecified atom stereocenters. The molecule has 124 valence electrons. The number of carbonyl (C=O) groups is 1. The Morgan fingerprint density at radius 3 is 2.61 bits per heavy atom. The third kappa shape index (κ3) is 4.58. The van der Waals surface area contributed by atoms with E-state index >= 15 is 0 Å². The lowest BCUT2D eigenvalue weighted by atomic mass is 10.0. The van der Waals surface area contributed by atoms with E-state index in [0.717, 1.165) is 17.3 Å². The molecule has 0 fully saturated rings. The van der Waals surface area contributed by atoms with Gasteiger partial charge in [0.1, 0.15) is 0 Å². The zero-order chi connectivity index (χ0) is 16.8. The van der Waals surface area contributed by atoms with E-state index in [4.69, 9.17) is 0 Å². The van der Waals surface area contributed by atoms with Crippen LogP contribution in [0.3, 0.4) is 0 Å². The number of urea groups is 1. The van der Waals surface area contributed by atoms with Crippen LogP contribution < -0.4 is 16.2 Å². The van der Waals surface area contributed by atoms with Gasteiger partial charge in [-0.15, -0.1) is 0 Å². The number of carbonyl (C=O) groups excluding carboxylic acids is 1. The standard InChI is InChI=1S/C18H25N3O2/c1-4-8-19-18(23)20-9-7-14-11-15-10-13(12(2)3)5-6-16(15)21-17(14)22/h5-6,10-12H,4,7-9H2,1-3H3,(H,21,22)(H2,19,20,23). The number of amides is 2. The molecule has 0 saturated heterocycles. The number of hydrogen-bond acceptors (Lipinski definition) is 2. The van der Waals surface area contributed by atoms with Crippen LogP contribution >= 0.6 is 0 Å². The van der Waals surface area contributed by atoms with Gasteiger partial charge in [0.15, 0.2) is 0 Å². The number of nitrogens with one attached hydrogen (secondary N) is 3. The molecule has 2 aromatic rings. The number of fused-ring (bicyclic) bond motifs is 1. The second-order valence-electron chi connectivity index (χ2n) is 6.06. The normalized spacial score (nSPS) is 11.0. The summed E-state index contributed by atoms with van der Waals surface area (Å²) in [4.78, 5) is 26.5. The fourth-order valence-electron chi connectivity index (χ4n) is 2.43. The van der Waals surface area contributed by atoms with E-state index in [1.807, 2.05) is 25.1 Å². The minimum atomic E-state index is -0.189. The largest absolute Gasteiger partial charge is 0.338 e. The Labute approximate surface area is 136 Å². The van der Waals surface area contributed by atoms with Gasteiger partial charge in [-0.3, -0.25) is 4.79 Å². The smallest absolute Gasteiger partial charge is 0.314 e. The molecule has 0 spiro atoms. The topological polar surface area (TPSA) is 74.0 Å². The molecule has 1 aromatic carbocycles. The van der Waals surface area contributed by atoms with Crippen LogP contribution in [0.25, 0.3) is 10.9 Å². The maximum Gasteiger partial charge on any atom is 0.314 e. The number of rotatable bonds is 6. The summed E-state index contributed by atoms with van der Waals surface area (Å²) in [6.07, 6.45) is 1.41. The number of aromatic nitrogens is 1. The molecule has 23 heavy (non-hydrogen) atoms. The molecule has 2 amide bonds. The van der Waals surface area contributed by atoms with E-state index < -0.39 is 0 Å². The van der Waals surface area contributed by atoms with Gasteiger partial charge in [0.05, 0.1) is 0 Å². The average molecular weight is 315 g/mol. The summed E-state index contributed by atoms with van der Waals surface area (Å²) in [5.74, 6) is 0.443. The van der Waals surface area contributed by atoms with E-state index in [1.165, 1.54) is 5.56 Å². The Balaban J connectivity index is 2.09. The zero-order valence-electron chi connectivity index (χ0n) is 14.0. The number of benzene rings is 1. The summed E-state index contributed by atoms with van der Waals surface area (Å²) in [6, 6.07) is 7.84. The highest BCUT2D eigenvalue weighted by molar-refractivity contribution is 5.80. The predicted molar refractivity (Wildman–Crippen MR) is 94.1 cm³/mol. The average Bonchev–Trinajstić information content (AvgIpc) is 2.52. The van der Waals surface area contributed by atoms with E-state index in [1.54, 1.807) is 0 Å². The Morgan fingerprint density at radius 1 is 1.17 bits per heavy atom. The third-order valence-electron chi connectivity index (χ3n) is 3.83. The highest BCUT2D eigenvalue weighted by atomic mass is 16.2. The van der Waals surface area contributed by atoms with Crippen molar-refractivity contribution in [1.29, 1.82) is 0 Å². The van der Waals surface area contributed by atoms with Gasteiger partial charge in [-0.2, -0.15) is 0 Å². The first-order valence-electron chi connectivity index (χ1n) is 8.18.